The first kappa shape index (κ1) is 34.2. The van der Waals surface area contributed by atoms with Crippen molar-refractivity contribution in [1.82, 2.24) is 0 Å². The Morgan fingerprint density at radius 2 is 1.70 bits per heavy atom. The van der Waals surface area contributed by atoms with Crippen molar-refractivity contribution in [2.75, 3.05) is 6.61 Å². The first-order valence-corrected chi connectivity index (χ1v) is 13.4. The van der Waals surface area contributed by atoms with Crippen molar-refractivity contribution in [2.45, 2.75) is 90.8 Å². The number of hydrogen-bond acceptors (Lipinski definition) is 4. The van der Waals surface area contributed by atoms with Crippen LogP contribution < -0.4 is 34.3 Å². The van der Waals surface area contributed by atoms with Gasteiger partial charge in [-0.05, 0) is 84.7 Å². The molecule has 0 aliphatic carbocycles. The van der Waals surface area contributed by atoms with Crippen LogP contribution in [0, 0.1) is 5.41 Å². The minimum absolute atomic E-state index is 0. The number of carbonyl (C=O) groups is 1. The van der Waals surface area contributed by atoms with Crippen LogP contribution in [0.25, 0.3) is 0 Å². The van der Waals surface area contributed by atoms with Crippen molar-refractivity contribution in [1.29, 1.82) is 0 Å². The Hall–Kier alpha value is -0.790. The van der Waals surface area contributed by atoms with E-state index in [9.17, 15) is 15.0 Å². The summed E-state index contributed by atoms with van der Waals surface area (Å²) in [6, 6.07) is 11.9. The number of carboxylic acids is 1. The molecule has 2 rings (SSSR count). The normalized spacial score (nSPS) is 13.9. The average molecular weight is 564 g/mol. The zero-order valence-corrected chi connectivity index (χ0v) is 26.3. The molecule has 2 aromatic rings. The molecule has 8 heteroatoms. The zero-order chi connectivity index (χ0) is 26.9. The predicted molar refractivity (Wildman–Crippen MR) is 148 cm³/mol. The van der Waals surface area contributed by atoms with Crippen LogP contribution in [0.15, 0.2) is 36.4 Å². The fourth-order valence-corrected chi connectivity index (χ4v) is 4.49. The summed E-state index contributed by atoms with van der Waals surface area (Å²) in [7, 11) is 0. The number of ether oxygens (including phenoxy) is 1. The molecule has 2 aromatic carbocycles. The number of halogens is 2. The van der Waals surface area contributed by atoms with E-state index in [1.54, 1.807) is 6.07 Å². The maximum atomic E-state index is 10.6. The maximum absolute atomic E-state index is 10.6. The minimum Gasteiger partial charge on any atom is -1.00 e. The van der Waals surface area contributed by atoms with Gasteiger partial charge in [-0.3, -0.25) is 4.79 Å². The van der Waals surface area contributed by atoms with Gasteiger partial charge in [0.1, 0.15) is 12.4 Å². The third-order valence-corrected chi connectivity index (χ3v) is 7.20. The molecule has 3 atom stereocenters. The molecular weight excluding hydrogens is 522 g/mol. The third kappa shape index (κ3) is 12.3. The van der Waals surface area contributed by atoms with E-state index in [2.05, 4.69) is 25.1 Å². The fraction of sp³-hybridized carbons (Fsp3) is 0.552. The smallest absolute Gasteiger partial charge is 1.00 e. The summed E-state index contributed by atoms with van der Waals surface area (Å²) in [5.41, 5.74) is 3.26. The molecular formula is C29H41Cl2NaO5. The molecule has 0 saturated carbocycles. The van der Waals surface area contributed by atoms with Gasteiger partial charge in [0.2, 0.25) is 0 Å². The van der Waals surface area contributed by atoms with Crippen molar-refractivity contribution in [3.05, 3.63) is 63.1 Å². The molecule has 0 aliphatic heterocycles. The molecule has 0 heterocycles. The van der Waals surface area contributed by atoms with Crippen LogP contribution in [0.5, 0.6) is 5.75 Å². The van der Waals surface area contributed by atoms with Crippen LogP contribution in [-0.2, 0) is 17.6 Å². The molecule has 0 bridgehead atoms. The van der Waals surface area contributed by atoms with Crippen LogP contribution in [0.2, 0.25) is 10.0 Å². The van der Waals surface area contributed by atoms with Crippen molar-refractivity contribution in [2.24, 2.45) is 5.41 Å². The minimum atomic E-state index is -0.946. The number of aliphatic hydroxyl groups is 2. The topological polar surface area (TPSA) is 87.0 Å². The van der Waals surface area contributed by atoms with E-state index in [4.69, 9.17) is 33.0 Å². The molecule has 0 radical (unpaired) electrons. The first-order valence-electron chi connectivity index (χ1n) is 12.6. The van der Waals surface area contributed by atoms with Crippen molar-refractivity contribution < 1.29 is 55.8 Å². The average Bonchev–Trinajstić information content (AvgIpc) is 2.80. The number of benzene rings is 2. The molecule has 202 valence electrons. The quantitative estimate of drug-likeness (QED) is 0.301. The molecule has 0 aliphatic rings. The van der Waals surface area contributed by atoms with Crippen molar-refractivity contribution in [3.8, 4) is 5.75 Å². The number of aryl methyl sites for hydroxylation is 2. The van der Waals surface area contributed by atoms with Crippen LogP contribution in [0.1, 0.15) is 83.8 Å². The number of hydrogen-bond donors (Lipinski definition) is 3. The van der Waals surface area contributed by atoms with E-state index < -0.39 is 12.1 Å². The summed E-state index contributed by atoms with van der Waals surface area (Å²) in [6.45, 7) is 8.33. The summed E-state index contributed by atoms with van der Waals surface area (Å²) in [5, 5.41) is 30.1. The number of aliphatic hydroxyl groups excluding tert-OH is 2. The second-order valence-corrected chi connectivity index (χ2v) is 11.5. The summed E-state index contributed by atoms with van der Waals surface area (Å²) in [4.78, 5) is 10.6. The van der Waals surface area contributed by atoms with Gasteiger partial charge in [0.05, 0.1) is 17.2 Å². The van der Waals surface area contributed by atoms with Gasteiger partial charge in [-0.25, -0.2) is 0 Å². The Morgan fingerprint density at radius 3 is 2.30 bits per heavy atom. The Bertz CT molecular complexity index is 999. The van der Waals surface area contributed by atoms with E-state index in [-0.39, 0.29) is 62.0 Å². The standard InChI is InChI=1S/C29H40Cl2O5.Na.H/c1-19(22-10-9-21(24(30)17-22)11-14-27(33)29(2,3)4)6-5-7-20-8-13-26(25(31)16-20)36-18-23(32)12-15-28(34)35;;/h8-10,13,16-17,19,23,27,32-33H,5-7,11-12,14-15,18H2,1-4H3,(H,34,35);;/q;+1;-1/t19?,23-,27?;;/m1../s1. The predicted octanol–water partition coefficient (Wildman–Crippen LogP) is 4.18. The molecule has 37 heavy (non-hydrogen) atoms. The Morgan fingerprint density at radius 1 is 1.00 bits per heavy atom. The summed E-state index contributed by atoms with van der Waals surface area (Å²) >= 11 is 12.9. The van der Waals surface area contributed by atoms with Crippen LogP contribution >= 0.6 is 23.2 Å². The van der Waals surface area contributed by atoms with E-state index >= 15 is 0 Å². The van der Waals surface area contributed by atoms with Gasteiger partial charge in [-0.1, -0.05) is 69.1 Å². The summed E-state index contributed by atoms with van der Waals surface area (Å²) in [5.74, 6) is -0.104. The number of rotatable bonds is 14. The SMILES string of the molecule is CC(CCCc1ccc(OC[C@H](O)CCC(=O)O)c(Cl)c1)c1ccc(CCC(O)C(C)(C)C)c(Cl)c1.[H-].[Na+]. The molecule has 3 N–H and O–H groups in total. The van der Waals surface area contributed by atoms with Crippen LogP contribution in [0.4, 0.5) is 0 Å². The van der Waals surface area contributed by atoms with Gasteiger partial charge in [0.15, 0.2) is 0 Å². The van der Waals surface area contributed by atoms with Crippen molar-refractivity contribution in [3.63, 3.8) is 0 Å². The molecule has 0 spiro atoms. The monoisotopic (exact) mass is 562 g/mol. The molecule has 0 aromatic heterocycles. The Balaban J connectivity index is 0.00000684. The Labute approximate surface area is 255 Å². The Kier molecular flexibility index (Phi) is 15.1. The number of aliphatic carboxylic acids is 1. The van der Waals surface area contributed by atoms with Crippen LogP contribution in [-0.4, -0.2) is 40.1 Å². The van der Waals surface area contributed by atoms with Gasteiger partial charge in [-0.2, -0.15) is 0 Å². The summed E-state index contributed by atoms with van der Waals surface area (Å²) < 4.78 is 5.55. The largest absolute Gasteiger partial charge is 1.00 e. The van der Waals surface area contributed by atoms with Gasteiger partial charge >= 0.3 is 35.5 Å². The molecule has 5 nitrogen and oxygen atoms in total. The molecule has 2 unspecified atom stereocenters. The third-order valence-electron chi connectivity index (χ3n) is 6.55. The van der Waals surface area contributed by atoms with Gasteiger partial charge in [0.25, 0.3) is 0 Å². The van der Waals surface area contributed by atoms with E-state index in [0.717, 1.165) is 41.8 Å². The summed E-state index contributed by atoms with van der Waals surface area (Å²) in [6.07, 6.45) is 3.14. The van der Waals surface area contributed by atoms with Gasteiger partial charge in [-0.15, -0.1) is 0 Å². The second-order valence-electron chi connectivity index (χ2n) is 10.7. The maximum Gasteiger partial charge on any atom is 1.00 e. The molecule has 0 fully saturated rings. The fourth-order valence-electron chi connectivity index (χ4n) is 3.95. The van der Waals surface area contributed by atoms with Gasteiger partial charge in [0, 0.05) is 11.4 Å². The number of carboxylic acid groups (broad SMARTS) is 1. The van der Waals surface area contributed by atoms with E-state index in [1.807, 2.05) is 32.9 Å². The van der Waals surface area contributed by atoms with Gasteiger partial charge < -0.3 is 21.5 Å². The van der Waals surface area contributed by atoms with Crippen molar-refractivity contribution >= 4 is 29.2 Å². The zero-order valence-electron chi connectivity index (χ0n) is 23.8. The first-order chi connectivity index (χ1) is 16.9. The van der Waals surface area contributed by atoms with E-state index in [0.29, 0.717) is 23.1 Å². The molecule has 0 amide bonds. The van der Waals surface area contributed by atoms with E-state index in [1.165, 1.54) is 5.56 Å². The molecule has 0 saturated heterocycles. The van der Waals surface area contributed by atoms with Crippen LogP contribution in [0.3, 0.4) is 0 Å². The second kappa shape index (κ2) is 16.3.